The van der Waals surface area contributed by atoms with Gasteiger partial charge in [0.05, 0.1) is 6.61 Å². The maximum absolute atomic E-state index is 12.2. The summed E-state index contributed by atoms with van der Waals surface area (Å²) in [5.74, 6) is 1.10. The molecule has 0 amide bonds. The lowest BCUT2D eigenvalue weighted by Crippen LogP contribution is -2.33. The number of nitrogens with zero attached hydrogens (tertiary/aromatic N) is 5. The minimum atomic E-state index is -0.548. The predicted molar refractivity (Wildman–Crippen MR) is 109 cm³/mol. The number of rotatable bonds is 6. The molecule has 1 N–H and O–H groups in total. The van der Waals surface area contributed by atoms with Gasteiger partial charge in [0.15, 0.2) is 17.0 Å². The summed E-state index contributed by atoms with van der Waals surface area (Å²) in [6, 6.07) is 7.38. The summed E-state index contributed by atoms with van der Waals surface area (Å²) in [4.78, 5) is 33.1. The average Bonchev–Trinajstić information content (AvgIpc) is 2.76. The quantitative estimate of drug-likeness (QED) is 0.627. The standard InChI is InChI=1S/C20H24N6O3/c1-25-19(27)16-18(22-20(25)28)24-23-17(21-16)14-6-8-15(9-7-14)29-13-5-12-26-10-3-2-4-11-26/h6-9H,2-5,10-13H2,1H3,(H,22,24,28). The molecule has 0 aliphatic carbocycles. The molecule has 1 saturated heterocycles. The number of aromatic amines is 1. The number of hydrogen-bond donors (Lipinski definition) is 1. The molecule has 0 atom stereocenters. The highest BCUT2D eigenvalue weighted by Crippen LogP contribution is 2.19. The Balaban J connectivity index is 1.41. The fraction of sp³-hybridized carbons (Fsp3) is 0.450. The topological polar surface area (TPSA) is 106 Å². The van der Waals surface area contributed by atoms with Crippen LogP contribution in [0, 0.1) is 0 Å². The molecular formula is C20H24N6O3. The first-order chi connectivity index (χ1) is 14.1. The molecule has 152 valence electrons. The molecule has 2 aromatic heterocycles. The van der Waals surface area contributed by atoms with Crippen molar-refractivity contribution in [3.05, 3.63) is 45.1 Å². The summed E-state index contributed by atoms with van der Waals surface area (Å²) in [6.45, 7) is 4.15. The molecule has 9 heteroatoms. The van der Waals surface area contributed by atoms with Crippen LogP contribution in [0.4, 0.5) is 0 Å². The molecule has 1 aliphatic rings. The number of hydrogen-bond acceptors (Lipinski definition) is 7. The largest absolute Gasteiger partial charge is 0.494 e. The summed E-state index contributed by atoms with van der Waals surface area (Å²) in [5.41, 5.74) is -0.180. The van der Waals surface area contributed by atoms with Crippen molar-refractivity contribution in [3.8, 4) is 17.1 Å². The molecular weight excluding hydrogens is 372 g/mol. The van der Waals surface area contributed by atoms with Gasteiger partial charge in [-0.15, -0.1) is 10.2 Å². The van der Waals surface area contributed by atoms with Gasteiger partial charge in [-0.1, -0.05) is 6.42 Å². The number of aromatic nitrogens is 5. The van der Waals surface area contributed by atoms with Gasteiger partial charge in [0.2, 0.25) is 0 Å². The van der Waals surface area contributed by atoms with Gasteiger partial charge < -0.3 is 9.64 Å². The van der Waals surface area contributed by atoms with E-state index in [1.54, 1.807) is 0 Å². The van der Waals surface area contributed by atoms with E-state index in [4.69, 9.17) is 4.74 Å². The maximum Gasteiger partial charge on any atom is 0.329 e. The zero-order valence-electron chi connectivity index (χ0n) is 16.4. The summed E-state index contributed by atoms with van der Waals surface area (Å²) in [6.07, 6.45) is 4.95. The number of piperidine rings is 1. The molecule has 0 bridgehead atoms. The third kappa shape index (κ3) is 4.34. The van der Waals surface area contributed by atoms with Crippen molar-refractivity contribution < 1.29 is 4.74 Å². The zero-order valence-corrected chi connectivity index (χ0v) is 16.4. The minimum absolute atomic E-state index is 0.0788. The monoisotopic (exact) mass is 396 g/mol. The molecule has 0 saturated carbocycles. The fourth-order valence-electron chi connectivity index (χ4n) is 3.48. The van der Waals surface area contributed by atoms with Crippen LogP contribution in [0.3, 0.4) is 0 Å². The summed E-state index contributed by atoms with van der Waals surface area (Å²) < 4.78 is 6.79. The lowest BCUT2D eigenvalue weighted by atomic mass is 10.1. The molecule has 1 aromatic carbocycles. The molecule has 3 aromatic rings. The van der Waals surface area contributed by atoms with Gasteiger partial charge >= 0.3 is 5.69 Å². The number of likely N-dealkylation sites (tertiary alicyclic amines) is 1. The predicted octanol–water partition coefficient (Wildman–Crippen LogP) is 1.33. The Kier molecular flexibility index (Phi) is 5.66. The van der Waals surface area contributed by atoms with Crippen LogP contribution in [0.25, 0.3) is 22.6 Å². The molecule has 0 radical (unpaired) electrons. The van der Waals surface area contributed by atoms with Gasteiger partial charge in [0, 0.05) is 19.2 Å². The van der Waals surface area contributed by atoms with E-state index in [0.717, 1.165) is 23.3 Å². The number of benzene rings is 1. The smallest absolute Gasteiger partial charge is 0.329 e. The van der Waals surface area contributed by atoms with Crippen LogP contribution in [0.1, 0.15) is 25.7 Å². The second-order valence-corrected chi connectivity index (χ2v) is 7.26. The van der Waals surface area contributed by atoms with E-state index in [-0.39, 0.29) is 11.2 Å². The van der Waals surface area contributed by atoms with E-state index >= 15 is 0 Å². The van der Waals surface area contributed by atoms with Crippen molar-refractivity contribution >= 4 is 11.2 Å². The molecule has 3 heterocycles. The van der Waals surface area contributed by atoms with E-state index in [9.17, 15) is 9.59 Å². The van der Waals surface area contributed by atoms with Crippen molar-refractivity contribution in [1.82, 2.24) is 29.6 Å². The third-order valence-corrected chi connectivity index (χ3v) is 5.17. The molecule has 29 heavy (non-hydrogen) atoms. The first-order valence-electron chi connectivity index (χ1n) is 9.91. The maximum atomic E-state index is 12.2. The zero-order chi connectivity index (χ0) is 20.2. The van der Waals surface area contributed by atoms with Crippen molar-refractivity contribution in [2.75, 3.05) is 26.2 Å². The molecule has 0 unspecified atom stereocenters. The van der Waals surface area contributed by atoms with E-state index in [2.05, 4.69) is 25.1 Å². The summed E-state index contributed by atoms with van der Waals surface area (Å²) >= 11 is 0. The Hall–Kier alpha value is -3.07. The highest BCUT2D eigenvalue weighted by atomic mass is 16.5. The molecule has 1 aliphatic heterocycles. The molecule has 9 nitrogen and oxygen atoms in total. The van der Waals surface area contributed by atoms with Gasteiger partial charge in [0.1, 0.15) is 5.75 Å². The van der Waals surface area contributed by atoms with Gasteiger partial charge in [-0.25, -0.2) is 9.78 Å². The lowest BCUT2D eigenvalue weighted by molar-refractivity contribution is 0.205. The lowest BCUT2D eigenvalue weighted by Gasteiger charge is -2.26. The SMILES string of the molecule is Cn1c(=O)[nH]c2nnc(-c3ccc(OCCCN4CCCCC4)cc3)nc2c1=O. The first kappa shape index (κ1) is 19.3. The van der Waals surface area contributed by atoms with Crippen LogP contribution in [0.5, 0.6) is 5.75 Å². The summed E-state index contributed by atoms with van der Waals surface area (Å²) in [5, 5.41) is 7.95. The molecule has 1 fully saturated rings. The number of ether oxygens (including phenoxy) is 1. The minimum Gasteiger partial charge on any atom is -0.494 e. The Morgan fingerprint density at radius 2 is 1.83 bits per heavy atom. The first-order valence-corrected chi connectivity index (χ1v) is 9.91. The Morgan fingerprint density at radius 1 is 1.07 bits per heavy atom. The number of fused-ring (bicyclic) bond motifs is 1. The van der Waals surface area contributed by atoms with E-state index < -0.39 is 11.2 Å². The van der Waals surface area contributed by atoms with Crippen LogP contribution in [-0.2, 0) is 7.05 Å². The van der Waals surface area contributed by atoms with Crippen LogP contribution < -0.4 is 16.0 Å². The van der Waals surface area contributed by atoms with Crippen LogP contribution in [0.15, 0.2) is 33.9 Å². The average molecular weight is 396 g/mol. The Morgan fingerprint density at radius 3 is 2.59 bits per heavy atom. The fourth-order valence-corrected chi connectivity index (χ4v) is 3.48. The van der Waals surface area contributed by atoms with Gasteiger partial charge in [-0.05, 0) is 56.6 Å². The second-order valence-electron chi connectivity index (χ2n) is 7.26. The second kappa shape index (κ2) is 8.52. The number of H-pyrrole nitrogens is 1. The van der Waals surface area contributed by atoms with Gasteiger partial charge in [-0.3, -0.25) is 14.3 Å². The van der Waals surface area contributed by atoms with E-state index in [1.807, 2.05) is 24.3 Å². The molecule has 4 rings (SSSR count). The van der Waals surface area contributed by atoms with Crippen LogP contribution in [-0.4, -0.2) is 55.9 Å². The highest BCUT2D eigenvalue weighted by molar-refractivity contribution is 5.70. The van der Waals surface area contributed by atoms with Gasteiger partial charge in [0.25, 0.3) is 5.56 Å². The normalized spacial score (nSPS) is 14.9. The van der Waals surface area contributed by atoms with Crippen molar-refractivity contribution in [2.24, 2.45) is 7.05 Å². The Bertz CT molecular complexity index is 1100. The Labute approximate surface area is 167 Å². The molecule has 0 spiro atoms. The van der Waals surface area contributed by atoms with Crippen molar-refractivity contribution in [2.45, 2.75) is 25.7 Å². The van der Waals surface area contributed by atoms with Gasteiger partial charge in [-0.2, -0.15) is 0 Å². The van der Waals surface area contributed by atoms with Crippen LogP contribution >= 0.6 is 0 Å². The van der Waals surface area contributed by atoms with E-state index in [0.29, 0.717) is 18.0 Å². The van der Waals surface area contributed by atoms with Crippen molar-refractivity contribution in [1.29, 1.82) is 0 Å². The highest BCUT2D eigenvalue weighted by Gasteiger charge is 2.11. The third-order valence-electron chi connectivity index (χ3n) is 5.17. The van der Waals surface area contributed by atoms with Crippen molar-refractivity contribution in [3.63, 3.8) is 0 Å². The summed E-state index contributed by atoms with van der Waals surface area (Å²) in [7, 11) is 1.39. The number of nitrogens with one attached hydrogen (secondary N) is 1. The van der Waals surface area contributed by atoms with Crippen LogP contribution in [0.2, 0.25) is 0 Å². The van der Waals surface area contributed by atoms with E-state index in [1.165, 1.54) is 39.4 Å².